The maximum atomic E-state index is 12.8. The Kier molecular flexibility index (Phi) is 16.7. The minimum absolute atomic E-state index is 0.375. The molecular formula is C22H37FO2S. The normalized spacial score (nSPS) is 11.5. The van der Waals surface area contributed by atoms with E-state index in [1.165, 1.54) is 63.1 Å². The average Bonchev–Trinajstić information content (AvgIpc) is 2.66. The molecule has 0 spiro atoms. The van der Waals surface area contributed by atoms with Gasteiger partial charge in [-0.3, -0.25) is 0 Å². The summed E-state index contributed by atoms with van der Waals surface area (Å²) in [5, 5.41) is 8.68. The lowest BCUT2D eigenvalue weighted by atomic mass is 10.0. The number of halogens is 1. The number of unbranched alkanes of at least 4 members (excludes halogenated alkanes) is 8. The van der Waals surface area contributed by atoms with Crippen molar-refractivity contribution in [1.82, 2.24) is 0 Å². The zero-order valence-corrected chi connectivity index (χ0v) is 17.6. The fourth-order valence-corrected chi connectivity index (χ4v) is 3.29. The van der Waals surface area contributed by atoms with Crippen LogP contribution < -0.4 is 0 Å². The molecule has 1 rings (SSSR count). The van der Waals surface area contributed by atoms with Crippen molar-refractivity contribution in [2.75, 3.05) is 6.26 Å². The van der Waals surface area contributed by atoms with Crippen LogP contribution in [0.25, 0.3) is 0 Å². The summed E-state index contributed by atoms with van der Waals surface area (Å²) in [7, 11) is 0. The van der Waals surface area contributed by atoms with Gasteiger partial charge in [-0.2, -0.15) is 0 Å². The highest BCUT2D eigenvalue weighted by molar-refractivity contribution is 7.98. The summed E-state index contributed by atoms with van der Waals surface area (Å²) in [6.45, 7) is 4.18. The fourth-order valence-electron chi connectivity index (χ4n) is 2.70. The van der Waals surface area contributed by atoms with E-state index in [9.17, 15) is 9.18 Å². The Hall–Kier alpha value is -1.03. The van der Waals surface area contributed by atoms with Crippen LogP contribution in [0, 0.1) is 0 Å². The fraction of sp³-hybridized carbons (Fsp3) is 0.682. The number of aromatic carboxylic acids is 1. The molecule has 0 radical (unpaired) electrons. The van der Waals surface area contributed by atoms with Crippen molar-refractivity contribution in [2.45, 2.75) is 95.5 Å². The molecule has 0 heterocycles. The minimum atomic E-state index is -0.866. The number of rotatable bonds is 13. The maximum absolute atomic E-state index is 12.8. The smallest absolute Gasteiger partial charge is 0.336 e. The van der Waals surface area contributed by atoms with Crippen LogP contribution in [-0.4, -0.2) is 23.5 Å². The van der Waals surface area contributed by atoms with Crippen molar-refractivity contribution in [1.29, 1.82) is 0 Å². The van der Waals surface area contributed by atoms with Gasteiger partial charge in [-0.15, -0.1) is 11.8 Å². The van der Waals surface area contributed by atoms with Crippen molar-refractivity contribution in [3.05, 3.63) is 29.8 Å². The third kappa shape index (κ3) is 13.2. The van der Waals surface area contributed by atoms with Crippen LogP contribution >= 0.6 is 11.8 Å². The summed E-state index contributed by atoms with van der Waals surface area (Å²) in [6.07, 6.45) is 14.7. The number of benzene rings is 1. The number of carbonyl (C=O) groups is 1. The molecule has 150 valence electrons. The van der Waals surface area contributed by atoms with Gasteiger partial charge in [0, 0.05) is 4.90 Å². The van der Waals surface area contributed by atoms with Gasteiger partial charge < -0.3 is 5.11 Å². The van der Waals surface area contributed by atoms with Gasteiger partial charge in [-0.25, -0.2) is 9.18 Å². The highest BCUT2D eigenvalue weighted by atomic mass is 32.2. The Morgan fingerprint density at radius 1 is 1.00 bits per heavy atom. The monoisotopic (exact) mass is 384 g/mol. The second-order valence-corrected chi connectivity index (χ2v) is 7.48. The molecule has 4 heteroatoms. The molecule has 2 nitrogen and oxygen atoms in total. The van der Waals surface area contributed by atoms with Crippen LogP contribution in [0.2, 0.25) is 0 Å². The van der Waals surface area contributed by atoms with Crippen LogP contribution in [0.3, 0.4) is 0 Å². The molecule has 1 aromatic carbocycles. The summed E-state index contributed by atoms with van der Waals surface area (Å²) in [6, 6.07) is 6.96. The van der Waals surface area contributed by atoms with E-state index in [1.54, 1.807) is 18.2 Å². The predicted molar refractivity (Wildman–Crippen MR) is 112 cm³/mol. The highest BCUT2D eigenvalue weighted by Crippen LogP contribution is 2.19. The van der Waals surface area contributed by atoms with Crippen LogP contribution in [0.1, 0.15) is 94.8 Å². The minimum Gasteiger partial charge on any atom is -0.478 e. The molecule has 1 atom stereocenters. The molecule has 0 fully saturated rings. The Bertz CT molecular complexity index is 465. The van der Waals surface area contributed by atoms with E-state index >= 15 is 0 Å². The number of hydrogen-bond acceptors (Lipinski definition) is 2. The third-order valence-electron chi connectivity index (χ3n) is 4.40. The summed E-state index contributed by atoms with van der Waals surface area (Å²) in [5.41, 5.74) is 0.375. The quantitative estimate of drug-likeness (QED) is 0.279. The van der Waals surface area contributed by atoms with E-state index in [-0.39, 0.29) is 0 Å². The van der Waals surface area contributed by atoms with Crippen molar-refractivity contribution in [2.24, 2.45) is 0 Å². The number of thioether (sulfide) groups is 1. The van der Waals surface area contributed by atoms with Gasteiger partial charge in [0.25, 0.3) is 0 Å². The lowest BCUT2D eigenvalue weighted by Gasteiger charge is -2.04. The largest absolute Gasteiger partial charge is 0.478 e. The Labute approximate surface area is 164 Å². The first-order valence-corrected chi connectivity index (χ1v) is 11.3. The van der Waals surface area contributed by atoms with Gasteiger partial charge in [0.15, 0.2) is 0 Å². The summed E-state index contributed by atoms with van der Waals surface area (Å²) < 4.78 is 12.8. The second-order valence-electron chi connectivity index (χ2n) is 6.63. The molecule has 0 saturated heterocycles. The van der Waals surface area contributed by atoms with Crippen LogP contribution in [0.5, 0.6) is 0 Å². The standard InChI is InChI=1S/C14H29F.C8H8O2S/c1-3-5-6-7-8-9-10-11-12-13-14(15)4-2;1-11-7-5-3-2-4-6(7)8(9)10/h14H,3-13H2,1-2H3;2-5H,1H3,(H,9,10). The molecule has 0 aliphatic carbocycles. The highest BCUT2D eigenvalue weighted by Gasteiger charge is 2.06. The molecular weight excluding hydrogens is 347 g/mol. The first-order valence-electron chi connectivity index (χ1n) is 10.1. The van der Waals surface area contributed by atoms with Crippen molar-refractivity contribution < 1.29 is 14.3 Å². The first kappa shape index (κ1) is 25.0. The topological polar surface area (TPSA) is 37.3 Å². The average molecular weight is 385 g/mol. The molecule has 26 heavy (non-hydrogen) atoms. The van der Waals surface area contributed by atoms with Gasteiger partial charge in [0.05, 0.1) is 11.7 Å². The van der Waals surface area contributed by atoms with E-state index < -0.39 is 12.1 Å². The van der Waals surface area contributed by atoms with Crippen LogP contribution in [-0.2, 0) is 0 Å². The summed E-state index contributed by atoms with van der Waals surface area (Å²) in [4.78, 5) is 11.4. The Balaban J connectivity index is 0.000000502. The van der Waals surface area contributed by atoms with Gasteiger partial charge in [-0.1, -0.05) is 83.8 Å². The maximum Gasteiger partial charge on any atom is 0.336 e. The number of alkyl halides is 1. The third-order valence-corrected chi connectivity index (χ3v) is 5.20. The Morgan fingerprint density at radius 2 is 1.54 bits per heavy atom. The molecule has 0 saturated carbocycles. The van der Waals surface area contributed by atoms with Crippen molar-refractivity contribution in [3.63, 3.8) is 0 Å². The van der Waals surface area contributed by atoms with E-state index in [0.717, 1.165) is 17.7 Å². The molecule has 0 aliphatic heterocycles. The first-order chi connectivity index (χ1) is 12.6. The summed E-state index contributed by atoms with van der Waals surface area (Å²) >= 11 is 1.44. The van der Waals surface area contributed by atoms with Crippen molar-refractivity contribution in [3.8, 4) is 0 Å². The predicted octanol–water partition coefficient (Wildman–Crippen LogP) is 7.76. The molecule has 1 N–H and O–H groups in total. The number of carboxylic acids is 1. The van der Waals surface area contributed by atoms with Crippen LogP contribution in [0.4, 0.5) is 4.39 Å². The SMILES string of the molecule is CCCCCCCCCCCC(F)CC.CSc1ccccc1C(=O)O. The van der Waals surface area contributed by atoms with Gasteiger partial charge in [-0.05, 0) is 31.2 Å². The molecule has 0 amide bonds. The van der Waals surface area contributed by atoms with Gasteiger partial charge in [0.2, 0.25) is 0 Å². The lowest BCUT2D eigenvalue weighted by Crippen LogP contribution is -1.97. The van der Waals surface area contributed by atoms with Gasteiger partial charge >= 0.3 is 5.97 Å². The molecule has 0 aromatic heterocycles. The second kappa shape index (κ2) is 17.4. The molecule has 0 bridgehead atoms. The van der Waals surface area contributed by atoms with E-state index in [1.807, 2.05) is 19.2 Å². The van der Waals surface area contributed by atoms with Crippen molar-refractivity contribution >= 4 is 17.7 Å². The lowest BCUT2D eigenvalue weighted by molar-refractivity contribution is 0.0693. The zero-order chi connectivity index (χ0) is 19.6. The molecule has 1 unspecified atom stereocenters. The van der Waals surface area contributed by atoms with E-state index in [4.69, 9.17) is 5.11 Å². The Morgan fingerprint density at radius 3 is 2.00 bits per heavy atom. The van der Waals surface area contributed by atoms with Crippen LogP contribution in [0.15, 0.2) is 29.2 Å². The number of carboxylic acid groups (broad SMARTS) is 1. The molecule has 1 aromatic rings. The van der Waals surface area contributed by atoms with E-state index in [0.29, 0.717) is 12.0 Å². The van der Waals surface area contributed by atoms with E-state index in [2.05, 4.69) is 6.92 Å². The van der Waals surface area contributed by atoms with Gasteiger partial charge in [0.1, 0.15) is 0 Å². The molecule has 0 aliphatic rings. The summed E-state index contributed by atoms with van der Waals surface area (Å²) in [5.74, 6) is -0.866. The zero-order valence-electron chi connectivity index (χ0n) is 16.8. The number of hydrogen-bond donors (Lipinski definition) is 1.